The van der Waals surface area contributed by atoms with E-state index in [9.17, 15) is 9.90 Å². The maximum atomic E-state index is 11.7. The third kappa shape index (κ3) is 4.78. The Morgan fingerprint density at radius 2 is 1.20 bits per heavy atom. The molecule has 25 heavy (non-hydrogen) atoms. The van der Waals surface area contributed by atoms with Crippen LogP contribution in [-0.4, -0.2) is 33.6 Å². The van der Waals surface area contributed by atoms with E-state index in [1.165, 1.54) is 25.7 Å². The molecule has 0 aliphatic heterocycles. The van der Waals surface area contributed by atoms with E-state index in [4.69, 9.17) is 0 Å². The van der Waals surface area contributed by atoms with Gasteiger partial charge in [0, 0.05) is 11.1 Å². The van der Waals surface area contributed by atoms with Crippen LogP contribution in [0.5, 0.6) is 0 Å². The lowest BCUT2D eigenvalue weighted by molar-refractivity contribution is -0.146. The molecule has 0 saturated heterocycles. The summed E-state index contributed by atoms with van der Waals surface area (Å²) in [7, 11) is 0. The van der Waals surface area contributed by atoms with E-state index in [2.05, 4.69) is 46.4 Å². The lowest BCUT2D eigenvalue weighted by Gasteiger charge is -2.56. The van der Waals surface area contributed by atoms with Crippen molar-refractivity contribution in [1.82, 2.24) is 4.90 Å². The van der Waals surface area contributed by atoms with E-state index < -0.39 is 5.97 Å². The highest BCUT2D eigenvalue weighted by Crippen LogP contribution is 2.47. The summed E-state index contributed by atoms with van der Waals surface area (Å²) in [5.41, 5.74) is 0.0897. The standard InChI is InChI=1S/C22H41NO2/c1-16(2)18-7-11-21(5,12-8-18)23(15-20(24)25)22(6)13-9-19(10-14-22)17(3)4/h16-19H,7-15H2,1-6H3,(H,24,25). The Kier molecular flexibility index (Phi) is 6.62. The van der Waals surface area contributed by atoms with Crippen LogP contribution < -0.4 is 0 Å². The summed E-state index contributed by atoms with van der Waals surface area (Å²) >= 11 is 0. The van der Waals surface area contributed by atoms with Gasteiger partial charge in [-0.3, -0.25) is 9.69 Å². The maximum Gasteiger partial charge on any atom is 0.317 e. The van der Waals surface area contributed by atoms with Gasteiger partial charge in [-0.05, 0) is 88.9 Å². The molecule has 0 radical (unpaired) electrons. The van der Waals surface area contributed by atoms with Crippen LogP contribution in [0.25, 0.3) is 0 Å². The Morgan fingerprint density at radius 1 is 0.880 bits per heavy atom. The first-order chi connectivity index (χ1) is 11.6. The third-order valence-electron chi connectivity index (χ3n) is 7.70. The minimum atomic E-state index is -0.667. The van der Waals surface area contributed by atoms with Crippen LogP contribution in [0.1, 0.15) is 92.9 Å². The Balaban J connectivity index is 2.15. The first kappa shape index (κ1) is 20.7. The second-order valence-corrected chi connectivity index (χ2v) is 10.1. The molecule has 0 aromatic rings. The van der Waals surface area contributed by atoms with Crippen LogP contribution >= 0.6 is 0 Å². The Bertz CT molecular complexity index is 407. The van der Waals surface area contributed by atoms with Crippen molar-refractivity contribution in [1.29, 1.82) is 0 Å². The molecule has 2 fully saturated rings. The first-order valence-electron chi connectivity index (χ1n) is 10.6. The number of nitrogens with zero attached hydrogens (tertiary/aromatic N) is 1. The van der Waals surface area contributed by atoms with Gasteiger partial charge in [-0.2, -0.15) is 0 Å². The average Bonchev–Trinajstić information content (AvgIpc) is 2.53. The molecule has 0 atom stereocenters. The van der Waals surface area contributed by atoms with Gasteiger partial charge in [0.2, 0.25) is 0 Å². The predicted molar refractivity (Wildman–Crippen MR) is 105 cm³/mol. The van der Waals surface area contributed by atoms with E-state index in [1.54, 1.807) is 0 Å². The minimum absolute atomic E-state index is 0.0448. The molecule has 1 N–H and O–H groups in total. The monoisotopic (exact) mass is 351 g/mol. The molecular formula is C22H41NO2. The molecule has 2 rings (SSSR count). The van der Waals surface area contributed by atoms with Gasteiger partial charge in [-0.15, -0.1) is 0 Å². The molecule has 3 heteroatoms. The zero-order chi connectivity index (χ0) is 18.8. The molecule has 0 heterocycles. The summed E-state index contributed by atoms with van der Waals surface area (Å²) in [5, 5.41) is 9.61. The molecule has 2 aliphatic carbocycles. The molecule has 0 amide bonds. The highest BCUT2D eigenvalue weighted by atomic mass is 16.4. The van der Waals surface area contributed by atoms with Gasteiger partial charge in [0.05, 0.1) is 6.54 Å². The topological polar surface area (TPSA) is 40.5 Å². The van der Waals surface area contributed by atoms with Crippen LogP contribution in [0, 0.1) is 23.7 Å². The highest BCUT2D eigenvalue weighted by Gasteiger charge is 2.47. The van der Waals surface area contributed by atoms with Crippen molar-refractivity contribution in [2.45, 2.75) is 104 Å². The number of carboxylic acids is 1. The number of carbonyl (C=O) groups is 1. The van der Waals surface area contributed by atoms with Gasteiger partial charge in [0.1, 0.15) is 0 Å². The van der Waals surface area contributed by atoms with Gasteiger partial charge in [0.25, 0.3) is 0 Å². The zero-order valence-corrected chi connectivity index (χ0v) is 17.5. The number of carboxylic acid groups (broad SMARTS) is 1. The SMILES string of the molecule is CC(C)C1CCC(C)(N(CC(=O)O)C2(C)CCC(C(C)C)CC2)CC1. The molecule has 2 saturated carbocycles. The van der Waals surface area contributed by atoms with Gasteiger partial charge >= 0.3 is 5.97 Å². The molecule has 0 aromatic heterocycles. The van der Waals surface area contributed by atoms with Crippen LogP contribution in [0.3, 0.4) is 0 Å². The molecule has 0 aromatic carbocycles. The lowest BCUT2D eigenvalue weighted by Crippen LogP contribution is -2.62. The Labute approximate surface area is 155 Å². The van der Waals surface area contributed by atoms with E-state index in [0.717, 1.165) is 49.4 Å². The van der Waals surface area contributed by atoms with E-state index in [0.29, 0.717) is 0 Å². The van der Waals surface area contributed by atoms with Crippen molar-refractivity contribution in [2.75, 3.05) is 6.54 Å². The van der Waals surface area contributed by atoms with E-state index in [1.807, 2.05) is 0 Å². The molecule has 146 valence electrons. The summed E-state index contributed by atoms with van der Waals surface area (Å²) in [6.07, 6.45) is 9.56. The molecule has 0 spiro atoms. The van der Waals surface area contributed by atoms with Crippen LogP contribution in [0.4, 0.5) is 0 Å². The second-order valence-electron chi connectivity index (χ2n) is 10.1. The first-order valence-corrected chi connectivity index (χ1v) is 10.6. The largest absolute Gasteiger partial charge is 0.480 e. The summed E-state index contributed by atoms with van der Waals surface area (Å²) in [6, 6.07) is 0. The fourth-order valence-corrected chi connectivity index (χ4v) is 5.57. The lowest BCUT2D eigenvalue weighted by atomic mass is 9.68. The minimum Gasteiger partial charge on any atom is -0.480 e. The third-order valence-corrected chi connectivity index (χ3v) is 7.70. The quantitative estimate of drug-likeness (QED) is 0.679. The number of aliphatic carboxylic acids is 1. The maximum absolute atomic E-state index is 11.7. The summed E-state index contributed by atoms with van der Waals surface area (Å²) < 4.78 is 0. The highest BCUT2D eigenvalue weighted by molar-refractivity contribution is 5.69. The van der Waals surface area contributed by atoms with Crippen molar-refractivity contribution in [3.05, 3.63) is 0 Å². The van der Waals surface area contributed by atoms with Crippen molar-refractivity contribution in [3.8, 4) is 0 Å². The molecule has 2 aliphatic rings. The average molecular weight is 352 g/mol. The molecule has 3 nitrogen and oxygen atoms in total. The summed E-state index contributed by atoms with van der Waals surface area (Å²) in [4.78, 5) is 14.1. The van der Waals surface area contributed by atoms with Gasteiger partial charge in [-0.1, -0.05) is 27.7 Å². The van der Waals surface area contributed by atoms with Gasteiger partial charge < -0.3 is 5.11 Å². The number of hydrogen-bond donors (Lipinski definition) is 1. The van der Waals surface area contributed by atoms with Crippen molar-refractivity contribution in [2.24, 2.45) is 23.7 Å². The van der Waals surface area contributed by atoms with Gasteiger partial charge in [0.15, 0.2) is 0 Å². The molecule has 0 bridgehead atoms. The number of hydrogen-bond acceptors (Lipinski definition) is 2. The zero-order valence-electron chi connectivity index (χ0n) is 17.5. The van der Waals surface area contributed by atoms with E-state index in [-0.39, 0.29) is 17.6 Å². The van der Waals surface area contributed by atoms with E-state index >= 15 is 0 Å². The van der Waals surface area contributed by atoms with Crippen LogP contribution in [0.15, 0.2) is 0 Å². The predicted octanol–water partition coefficient (Wildman–Crippen LogP) is 5.58. The van der Waals surface area contributed by atoms with Crippen molar-refractivity contribution < 1.29 is 9.90 Å². The smallest absolute Gasteiger partial charge is 0.317 e. The normalized spacial score (nSPS) is 37.0. The molecule has 0 unspecified atom stereocenters. The fraction of sp³-hybridized carbons (Fsp3) is 0.955. The number of rotatable bonds is 6. The summed E-state index contributed by atoms with van der Waals surface area (Å²) in [6.45, 7) is 14.2. The van der Waals surface area contributed by atoms with Gasteiger partial charge in [-0.25, -0.2) is 0 Å². The van der Waals surface area contributed by atoms with Crippen LogP contribution in [0.2, 0.25) is 0 Å². The molecular weight excluding hydrogens is 310 g/mol. The summed E-state index contributed by atoms with van der Waals surface area (Å²) in [5.74, 6) is 2.44. The Morgan fingerprint density at radius 3 is 1.44 bits per heavy atom. The Hall–Kier alpha value is -0.570. The van der Waals surface area contributed by atoms with Crippen molar-refractivity contribution in [3.63, 3.8) is 0 Å². The second kappa shape index (κ2) is 7.98. The van der Waals surface area contributed by atoms with Crippen LogP contribution in [-0.2, 0) is 4.79 Å². The fourth-order valence-electron chi connectivity index (χ4n) is 5.57. The van der Waals surface area contributed by atoms with Crippen molar-refractivity contribution >= 4 is 5.97 Å².